The maximum absolute atomic E-state index is 9.93. The van der Waals surface area contributed by atoms with Gasteiger partial charge in [-0.15, -0.1) is 11.8 Å². The molecule has 1 aromatic carbocycles. The van der Waals surface area contributed by atoms with Gasteiger partial charge in [-0.2, -0.15) is 0 Å². The topological polar surface area (TPSA) is 41.5 Å². The molecule has 3 nitrogen and oxygen atoms in total. The average Bonchev–Trinajstić information content (AvgIpc) is 3.28. The molecular weight excluding hydrogens is 270 g/mol. The van der Waals surface area contributed by atoms with Gasteiger partial charge in [0.05, 0.1) is 19.3 Å². The van der Waals surface area contributed by atoms with Crippen LogP contribution >= 0.6 is 11.8 Å². The molecule has 2 rings (SSSR count). The molecule has 1 saturated carbocycles. The lowest BCUT2D eigenvalue weighted by Crippen LogP contribution is -2.55. The number of thioether (sulfide) groups is 1. The first-order valence-corrected chi connectivity index (χ1v) is 8.24. The van der Waals surface area contributed by atoms with Gasteiger partial charge in [-0.1, -0.05) is 26.0 Å². The molecule has 2 N–H and O–H groups in total. The Balaban J connectivity index is 2.08. The molecule has 1 aliphatic carbocycles. The van der Waals surface area contributed by atoms with Crippen molar-refractivity contribution >= 4 is 11.8 Å². The van der Waals surface area contributed by atoms with Crippen molar-refractivity contribution in [3.8, 4) is 5.75 Å². The summed E-state index contributed by atoms with van der Waals surface area (Å²) >= 11 is 1.77. The van der Waals surface area contributed by atoms with Crippen LogP contribution in [0.25, 0.3) is 0 Å². The molecule has 0 heterocycles. The molecule has 0 bridgehead atoms. The smallest absolute Gasteiger partial charge is 0.132 e. The van der Waals surface area contributed by atoms with Crippen LogP contribution in [0.5, 0.6) is 5.75 Å². The highest BCUT2D eigenvalue weighted by Crippen LogP contribution is 2.43. The van der Waals surface area contributed by atoms with Gasteiger partial charge < -0.3 is 15.2 Å². The van der Waals surface area contributed by atoms with E-state index in [1.54, 1.807) is 18.9 Å². The molecule has 0 amide bonds. The fraction of sp³-hybridized carbons (Fsp3) is 0.625. The Kier molecular flexibility index (Phi) is 5.35. The average molecular weight is 295 g/mol. The maximum atomic E-state index is 9.93. The van der Waals surface area contributed by atoms with E-state index in [2.05, 4.69) is 25.2 Å². The monoisotopic (exact) mass is 295 g/mol. The van der Waals surface area contributed by atoms with Crippen molar-refractivity contribution < 1.29 is 9.84 Å². The molecule has 1 atom stereocenters. The second-order valence-corrected chi connectivity index (χ2v) is 6.84. The van der Waals surface area contributed by atoms with Crippen molar-refractivity contribution in [2.24, 2.45) is 5.92 Å². The molecule has 1 aromatic rings. The predicted molar refractivity (Wildman–Crippen MR) is 84.5 cm³/mol. The first-order valence-electron chi connectivity index (χ1n) is 7.25. The number of ether oxygens (including phenoxy) is 1. The van der Waals surface area contributed by atoms with Crippen LogP contribution in [-0.2, 0) is 0 Å². The Bertz CT molecular complexity index is 434. The summed E-state index contributed by atoms with van der Waals surface area (Å²) < 4.78 is 5.40. The van der Waals surface area contributed by atoms with Crippen LogP contribution in [0.1, 0.15) is 26.7 Å². The molecule has 0 spiro atoms. The first-order chi connectivity index (χ1) is 9.61. The van der Waals surface area contributed by atoms with E-state index in [-0.39, 0.29) is 12.1 Å². The minimum Gasteiger partial charge on any atom is -0.496 e. The van der Waals surface area contributed by atoms with E-state index in [1.807, 2.05) is 18.2 Å². The molecule has 20 heavy (non-hydrogen) atoms. The number of para-hydroxylation sites is 1. The Morgan fingerprint density at radius 2 is 2.10 bits per heavy atom. The van der Waals surface area contributed by atoms with Crippen LogP contribution < -0.4 is 10.1 Å². The van der Waals surface area contributed by atoms with Gasteiger partial charge in [0.25, 0.3) is 0 Å². The third-order valence-corrected chi connectivity index (χ3v) is 5.08. The van der Waals surface area contributed by atoms with Crippen molar-refractivity contribution in [3.63, 3.8) is 0 Å². The quantitative estimate of drug-likeness (QED) is 0.724. The number of aliphatic hydroxyl groups is 1. The van der Waals surface area contributed by atoms with Crippen LogP contribution in [0.3, 0.4) is 0 Å². The van der Waals surface area contributed by atoms with E-state index in [1.165, 1.54) is 12.8 Å². The third-order valence-electron chi connectivity index (χ3n) is 3.77. The lowest BCUT2D eigenvalue weighted by atomic mass is 9.95. The minimum atomic E-state index is -0.167. The third kappa shape index (κ3) is 3.68. The Morgan fingerprint density at radius 1 is 1.40 bits per heavy atom. The van der Waals surface area contributed by atoms with Gasteiger partial charge in [-0.05, 0) is 30.9 Å². The van der Waals surface area contributed by atoms with Gasteiger partial charge in [0.15, 0.2) is 0 Å². The lowest BCUT2D eigenvalue weighted by molar-refractivity contribution is 0.150. The molecule has 1 fully saturated rings. The second-order valence-electron chi connectivity index (χ2n) is 5.83. The summed E-state index contributed by atoms with van der Waals surface area (Å²) in [5.74, 6) is 2.37. The van der Waals surface area contributed by atoms with Crippen LogP contribution in [0.4, 0.5) is 0 Å². The molecule has 1 aliphatic rings. The summed E-state index contributed by atoms with van der Waals surface area (Å²) in [7, 11) is 1.70. The molecular formula is C16H25NO2S. The standard InChI is InChI=1S/C16H25NO2S/c1-12(2)17-16(10-18,13-8-9-13)11-20-15-7-5-4-6-14(15)19-3/h4-7,12-13,17-18H,8-11H2,1-3H3. The van der Waals surface area contributed by atoms with Crippen molar-refractivity contribution in [1.29, 1.82) is 0 Å². The number of hydrogen-bond acceptors (Lipinski definition) is 4. The molecule has 0 aliphatic heterocycles. The molecule has 0 radical (unpaired) electrons. The number of aliphatic hydroxyl groups excluding tert-OH is 1. The van der Waals surface area contributed by atoms with Gasteiger partial charge in [-0.3, -0.25) is 0 Å². The van der Waals surface area contributed by atoms with E-state index in [9.17, 15) is 5.11 Å². The van der Waals surface area contributed by atoms with Gasteiger partial charge in [0, 0.05) is 16.7 Å². The fourth-order valence-electron chi connectivity index (χ4n) is 2.65. The van der Waals surface area contributed by atoms with Crippen LogP contribution in [0.15, 0.2) is 29.2 Å². The summed E-state index contributed by atoms with van der Waals surface area (Å²) in [4.78, 5) is 1.14. The van der Waals surface area contributed by atoms with Gasteiger partial charge >= 0.3 is 0 Å². The van der Waals surface area contributed by atoms with Crippen molar-refractivity contribution in [2.75, 3.05) is 19.5 Å². The molecule has 0 aromatic heterocycles. The van der Waals surface area contributed by atoms with Gasteiger partial charge in [0.1, 0.15) is 5.75 Å². The van der Waals surface area contributed by atoms with E-state index in [0.29, 0.717) is 12.0 Å². The van der Waals surface area contributed by atoms with Crippen molar-refractivity contribution in [2.45, 2.75) is 43.2 Å². The number of hydrogen-bond donors (Lipinski definition) is 2. The SMILES string of the molecule is COc1ccccc1SCC(CO)(NC(C)C)C1CC1. The minimum absolute atomic E-state index is 0.167. The lowest BCUT2D eigenvalue weighted by Gasteiger charge is -2.35. The Morgan fingerprint density at radius 3 is 2.65 bits per heavy atom. The predicted octanol–water partition coefficient (Wildman–Crippen LogP) is 2.93. The van der Waals surface area contributed by atoms with Gasteiger partial charge in [0.2, 0.25) is 0 Å². The fourth-order valence-corrected chi connectivity index (χ4v) is 3.94. The number of benzene rings is 1. The molecule has 0 saturated heterocycles. The first kappa shape index (κ1) is 15.7. The van der Waals surface area contributed by atoms with E-state index >= 15 is 0 Å². The normalized spacial score (nSPS) is 18.1. The Labute approximate surface area is 126 Å². The van der Waals surface area contributed by atoms with Crippen molar-refractivity contribution in [1.82, 2.24) is 5.32 Å². The number of nitrogens with one attached hydrogen (secondary N) is 1. The maximum Gasteiger partial charge on any atom is 0.132 e. The highest BCUT2D eigenvalue weighted by Gasteiger charge is 2.45. The highest BCUT2D eigenvalue weighted by atomic mass is 32.2. The number of methoxy groups -OCH3 is 1. The summed E-state index contributed by atoms with van der Waals surface area (Å²) in [5.41, 5.74) is -0.167. The van der Waals surface area contributed by atoms with E-state index in [0.717, 1.165) is 16.4 Å². The molecule has 112 valence electrons. The van der Waals surface area contributed by atoms with Crippen LogP contribution in [-0.4, -0.2) is 36.2 Å². The highest BCUT2D eigenvalue weighted by molar-refractivity contribution is 7.99. The second kappa shape index (κ2) is 6.83. The van der Waals surface area contributed by atoms with E-state index < -0.39 is 0 Å². The zero-order valence-electron chi connectivity index (χ0n) is 12.6. The molecule has 1 unspecified atom stereocenters. The zero-order chi connectivity index (χ0) is 14.6. The summed E-state index contributed by atoms with van der Waals surface area (Å²) in [6, 6.07) is 8.44. The largest absolute Gasteiger partial charge is 0.496 e. The zero-order valence-corrected chi connectivity index (χ0v) is 13.4. The van der Waals surface area contributed by atoms with Gasteiger partial charge in [-0.25, -0.2) is 0 Å². The van der Waals surface area contributed by atoms with Crippen molar-refractivity contribution in [3.05, 3.63) is 24.3 Å². The summed E-state index contributed by atoms with van der Waals surface area (Å²) in [5, 5.41) is 13.5. The Hall–Kier alpha value is -0.710. The van der Waals surface area contributed by atoms with Crippen LogP contribution in [0.2, 0.25) is 0 Å². The molecule has 4 heteroatoms. The summed E-state index contributed by atoms with van der Waals surface area (Å²) in [6.45, 7) is 4.47. The van der Waals surface area contributed by atoms with Crippen LogP contribution in [0, 0.1) is 5.92 Å². The van der Waals surface area contributed by atoms with E-state index in [4.69, 9.17) is 4.74 Å². The summed E-state index contributed by atoms with van der Waals surface area (Å²) in [6.07, 6.45) is 2.43. The number of rotatable bonds is 8.